The maximum absolute atomic E-state index is 12.1. The molecule has 1 atom stereocenters. The maximum Gasteiger partial charge on any atom is 0.329 e. The molecule has 0 spiro atoms. The second-order valence-corrected chi connectivity index (χ2v) is 4.95. The first-order chi connectivity index (χ1) is 10.1. The number of methoxy groups -OCH3 is 1. The Labute approximate surface area is 126 Å². The van der Waals surface area contributed by atoms with Crippen molar-refractivity contribution in [2.75, 3.05) is 26.9 Å². The van der Waals surface area contributed by atoms with Gasteiger partial charge in [-0.2, -0.15) is 0 Å². The van der Waals surface area contributed by atoms with E-state index in [1.165, 1.54) is 0 Å². The Morgan fingerprint density at radius 2 is 2.00 bits per heavy atom. The van der Waals surface area contributed by atoms with Gasteiger partial charge in [-0.25, -0.2) is 4.79 Å². The fourth-order valence-electron chi connectivity index (χ4n) is 1.79. The quantitative estimate of drug-likeness (QED) is 0.709. The van der Waals surface area contributed by atoms with E-state index in [1.807, 2.05) is 25.1 Å². The molecule has 5 heteroatoms. The van der Waals surface area contributed by atoms with Gasteiger partial charge in [0.05, 0.1) is 13.7 Å². The van der Waals surface area contributed by atoms with Gasteiger partial charge < -0.3 is 14.2 Å². The van der Waals surface area contributed by atoms with Crippen LogP contribution in [0, 0.1) is 0 Å². The number of hydrogen-bond donors (Lipinski definition) is 1. The predicted octanol–water partition coefficient (Wildman–Crippen LogP) is 2.40. The zero-order valence-corrected chi connectivity index (χ0v) is 13.3. The van der Waals surface area contributed by atoms with Gasteiger partial charge in [0, 0.05) is 6.07 Å². The third-order valence-electron chi connectivity index (χ3n) is 3.06. The zero-order chi connectivity index (χ0) is 15.7. The Kier molecular flexibility index (Phi) is 7.02. The number of ether oxygens (including phenoxy) is 3. The van der Waals surface area contributed by atoms with Gasteiger partial charge >= 0.3 is 5.97 Å². The molecule has 21 heavy (non-hydrogen) atoms. The van der Waals surface area contributed by atoms with Crippen LogP contribution in [0.15, 0.2) is 24.3 Å². The van der Waals surface area contributed by atoms with E-state index in [4.69, 9.17) is 14.2 Å². The van der Waals surface area contributed by atoms with Gasteiger partial charge in [-0.05, 0) is 38.9 Å². The molecule has 0 aliphatic rings. The number of carbonyl (C=O) groups excluding carboxylic acids is 1. The first kappa shape index (κ1) is 17.3. The molecule has 0 aliphatic heterocycles. The molecule has 1 N–H and O–H groups in total. The van der Waals surface area contributed by atoms with Crippen LogP contribution < -0.4 is 14.8 Å². The lowest BCUT2D eigenvalue weighted by Crippen LogP contribution is -2.55. The van der Waals surface area contributed by atoms with E-state index in [0.717, 1.165) is 13.0 Å². The van der Waals surface area contributed by atoms with E-state index in [-0.39, 0.29) is 12.6 Å². The summed E-state index contributed by atoms with van der Waals surface area (Å²) in [6, 6.07) is 7.29. The Bertz CT molecular complexity index is 450. The van der Waals surface area contributed by atoms with Crippen LogP contribution in [-0.2, 0) is 9.53 Å². The van der Waals surface area contributed by atoms with Crippen LogP contribution in [0.4, 0.5) is 0 Å². The molecular weight excluding hydrogens is 270 g/mol. The smallest absolute Gasteiger partial charge is 0.329 e. The van der Waals surface area contributed by atoms with E-state index < -0.39 is 5.54 Å². The molecule has 0 aliphatic carbocycles. The number of rotatable bonds is 9. The van der Waals surface area contributed by atoms with E-state index in [0.29, 0.717) is 18.1 Å². The van der Waals surface area contributed by atoms with E-state index >= 15 is 0 Å². The van der Waals surface area contributed by atoms with Gasteiger partial charge in [0.2, 0.25) is 0 Å². The second kappa shape index (κ2) is 8.52. The number of esters is 1. The molecule has 1 aromatic carbocycles. The molecule has 0 heterocycles. The lowest BCUT2D eigenvalue weighted by Gasteiger charge is -2.28. The molecule has 1 rings (SSSR count). The molecule has 0 aromatic heterocycles. The van der Waals surface area contributed by atoms with Crippen molar-refractivity contribution in [3.05, 3.63) is 24.3 Å². The van der Waals surface area contributed by atoms with Gasteiger partial charge in [-0.3, -0.25) is 5.32 Å². The van der Waals surface area contributed by atoms with Crippen LogP contribution in [0.2, 0.25) is 0 Å². The van der Waals surface area contributed by atoms with Gasteiger partial charge in [-0.15, -0.1) is 0 Å². The third kappa shape index (κ3) is 5.27. The minimum Gasteiger partial charge on any atom is -0.497 e. The van der Waals surface area contributed by atoms with Crippen molar-refractivity contribution in [1.29, 1.82) is 0 Å². The van der Waals surface area contributed by atoms with Crippen LogP contribution >= 0.6 is 0 Å². The topological polar surface area (TPSA) is 56.8 Å². The van der Waals surface area contributed by atoms with E-state index in [2.05, 4.69) is 5.32 Å². The molecule has 0 saturated heterocycles. The monoisotopic (exact) mass is 295 g/mol. The number of carbonyl (C=O) groups is 1. The third-order valence-corrected chi connectivity index (χ3v) is 3.06. The molecule has 1 unspecified atom stereocenters. The minimum atomic E-state index is -0.866. The van der Waals surface area contributed by atoms with Crippen molar-refractivity contribution in [3.8, 4) is 11.5 Å². The normalized spacial score (nSPS) is 13.3. The summed E-state index contributed by atoms with van der Waals surface area (Å²) in [5.74, 6) is 1.07. The number of nitrogens with one attached hydrogen (secondary N) is 1. The molecule has 1 aromatic rings. The molecular formula is C16H25NO4. The Morgan fingerprint density at radius 3 is 2.62 bits per heavy atom. The van der Waals surface area contributed by atoms with Crippen LogP contribution in [0.3, 0.4) is 0 Å². The van der Waals surface area contributed by atoms with Crippen molar-refractivity contribution in [2.45, 2.75) is 32.7 Å². The van der Waals surface area contributed by atoms with Crippen molar-refractivity contribution >= 4 is 5.97 Å². The summed E-state index contributed by atoms with van der Waals surface area (Å²) >= 11 is 0. The largest absolute Gasteiger partial charge is 0.497 e. The second-order valence-electron chi connectivity index (χ2n) is 4.95. The summed E-state index contributed by atoms with van der Waals surface area (Å²) in [5, 5.41) is 3.20. The summed E-state index contributed by atoms with van der Waals surface area (Å²) in [4.78, 5) is 12.1. The van der Waals surface area contributed by atoms with Crippen molar-refractivity contribution in [1.82, 2.24) is 5.32 Å². The molecule has 0 fully saturated rings. The molecule has 0 bridgehead atoms. The fourth-order valence-corrected chi connectivity index (χ4v) is 1.79. The summed E-state index contributed by atoms with van der Waals surface area (Å²) < 4.78 is 16.0. The summed E-state index contributed by atoms with van der Waals surface area (Å²) in [5.41, 5.74) is -0.866. The minimum absolute atomic E-state index is 0.193. The fraction of sp³-hybridized carbons (Fsp3) is 0.562. The summed E-state index contributed by atoms with van der Waals surface area (Å²) in [7, 11) is 1.60. The molecule has 0 amide bonds. The van der Waals surface area contributed by atoms with E-state index in [1.54, 1.807) is 27.0 Å². The highest BCUT2D eigenvalue weighted by Crippen LogP contribution is 2.20. The van der Waals surface area contributed by atoms with Gasteiger partial charge in [0.25, 0.3) is 0 Å². The van der Waals surface area contributed by atoms with Gasteiger partial charge in [0.15, 0.2) is 0 Å². The van der Waals surface area contributed by atoms with E-state index in [9.17, 15) is 4.79 Å². The van der Waals surface area contributed by atoms with Gasteiger partial charge in [-0.1, -0.05) is 13.0 Å². The van der Waals surface area contributed by atoms with Crippen molar-refractivity contribution in [2.24, 2.45) is 0 Å². The highest BCUT2D eigenvalue weighted by Gasteiger charge is 2.35. The summed E-state index contributed by atoms with van der Waals surface area (Å²) in [6.07, 6.45) is 0.925. The standard InChI is InChI=1S/C16H25NO4/c1-5-10-17-16(3,15(18)20-6-2)12-21-14-9-7-8-13(11-14)19-4/h7-9,11,17H,5-6,10,12H2,1-4H3. The Hall–Kier alpha value is -1.75. The van der Waals surface area contributed by atoms with Crippen LogP contribution in [-0.4, -0.2) is 38.4 Å². The Morgan fingerprint density at radius 1 is 1.29 bits per heavy atom. The van der Waals surface area contributed by atoms with Crippen LogP contribution in [0.5, 0.6) is 11.5 Å². The average molecular weight is 295 g/mol. The highest BCUT2D eigenvalue weighted by atomic mass is 16.5. The van der Waals surface area contributed by atoms with Crippen LogP contribution in [0.25, 0.3) is 0 Å². The maximum atomic E-state index is 12.1. The first-order valence-corrected chi connectivity index (χ1v) is 7.24. The SMILES string of the molecule is CCCNC(C)(COc1cccc(OC)c1)C(=O)OCC. The number of hydrogen-bond acceptors (Lipinski definition) is 5. The lowest BCUT2D eigenvalue weighted by molar-refractivity contribution is -0.151. The molecule has 5 nitrogen and oxygen atoms in total. The zero-order valence-electron chi connectivity index (χ0n) is 13.3. The van der Waals surface area contributed by atoms with Crippen LogP contribution in [0.1, 0.15) is 27.2 Å². The number of benzene rings is 1. The van der Waals surface area contributed by atoms with Crippen molar-refractivity contribution < 1.29 is 19.0 Å². The van der Waals surface area contributed by atoms with Crippen molar-refractivity contribution in [3.63, 3.8) is 0 Å². The predicted molar refractivity (Wildman–Crippen MR) is 81.8 cm³/mol. The molecule has 0 radical (unpaired) electrons. The average Bonchev–Trinajstić information content (AvgIpc) is 2.51. The molecule has 118 valence electrons. The van der Waals surface area contributed by atoms with Gasteiger partial charge in [0.1, 0.15) is 23.6 Å². The Balaban J connectivity index is 2.73. The highest BCUT2D eigenvalue weighted by molar-refractivity contribution is 5.80. The first-order valence-electron chi connectivity index (χ1n) is 7.24. The molecule has 0 saturated carbocycles. The summed E-state index contributed by atoms with van der Waals surface area (Å²) in [6.45, 7) is 6.89. The lowest BCUT2D eigenvalue weighted by atomic mass is 10.0.